The lowest BCUT2D eigenvalue weighted by Gasteiger charge is -2.10. The van der Waals surface area contributed by atoms with Crippen LogP contribution in [0.1, 0.15) is 31.7 Å². The van der Waals surface area contributed by atoms with E-state index in [1.165, 1.54) is 34.6 Å². The van der Waals surface area contributed by atoms with E-state index in [9.17, 15) is 9.59 Å². The molecule has 0 aromatic heterocycles. The minimum atomic E-state index is -0.263. The lowest BCUT2D eigenvalue weighted by molar-refractivity contribution is -0.142. The monoisotopic (exact) mass is 490 g/mol. The van der Waals surface area contributed by atoms with Gasteiger partial charge in [0.15, 0.2) is 0 Å². The number of rotatable bonds is 11. The first-order valence-corrected chi connectivity index (χ1v) is 12.6. The SMILES string of the molecule is COC(=O)CC/C(=C/C1C[C@H]1OC(C)=O)COCc1ccc(Sc2ccc3ccccc3c2)cc1. The molecule has 5 nitrogen and oxygen atoms in total. The molecule has 0 amide bonds. The van der Waals surface area contributed by atoms with Crippen LogP contribution in [-0.4, -0.2) is 31.8 Å². The molecular formula is C29H30O5S. The first kappa shape index (κ1) is 25.0. The molecule has 0 aliphatic heterocycles. The molecule has 0 bridgehead atoms. The predicted octanol–water partition coefficient (Wildman–Crippen LogP) is 6.34. The maximum Gasteiger partial charge on any atom is 0.305 e. The van der Waals surface area contributed by atoms with E-state index in [4.69, 9.17) is 14.2 Å². The zero-order valence-corrected chi connectivity index (χ0v) is 20.9. The Morgan fingerprint density at radius 2 is 1.71 bits per heavy atom. The predicted molar refractivity (Wildman–Crippen MR) is 137 cm³/mol. The quantitative estimate of drug-likeness (QED) is 0.231. The number of esters is 2. The zero-order chi connectivity index (χ0) is 24.6. The molecule has 0 radical (unpaired) electrons. The molecule has 1 saturated carbocycles. The second-order valence-corrected chi connectivity index (χ2v) is 9.84. The molecule has 35 heavy (non-hydrogen) atoms. The molecule has 0 saturated heterocycles. The van der Waals surface area contributed by atoms with Gasteiger partial charge in [0.1, 0.15) is 6.10 Å². The fraction of sp³-hybridized carbons (Fsp3) is 0.310. The van der Waals surface area contributed by atoms with Crippen molar-refractivity contribution in [2.24, 2.45) is 5.92 Å². The van der Waals surface area contributed by atoms with Gasteiger partial charge in [-0.1, -0.05) is 60.3 Å². The highest BCUT2D eigenvalue weighted by molar-refractivity contribution is 7.99. The average Bonchev–Trinajstić information content (AvgIpc) is 3.59. The highest BCUT2D eigenvalue weighted by Gasteiger charge is 2.38. The highest BCUT2D eigenvalue weighted by Crippen LogP contribution is 2.36. The molecule has 0 N–H and O–H groups in total. The summed E-state index contributed by atoms with van der Waals surface area (Å²) >= 11 is 1.74. The maximum atomic E-state index is 11.6. The van der Waals surface area contributed by atoms with Crippen LogP contribution in [0.4, 0.5) is 0 Å². The largest absolute Gasteiger partial charge is 0.469 e. The van der Waals surface area contributed by atoms with Crippen LogP contribution in [0.5, 0.6) is 0 Å². The van der Waals surface area contributed by atoms with Crippen molar-refractivity contribution in [3.05, 3.63) is 83.9 Å². The number of fused-ring (bicyclic) bond motifs is 1. The summed E-state index contributed by atoms with van der Waals surface area (Å²) < 4.78 is 16.0. The maximum absolute atomic E-state index is 11.6. The van der Waals surface area contributed by atoms with Crippen LogP contribution in [0.2, 0.25) is 0 Å². The number of hydrogen-bond donors (Lipinski definition) is 0. The van der Waals surface area contributed by atoms with Crippen molar-refractivity contribution in [1.29, 1.82) is 0 Å². The van der Waals surface area contributed by atoms with Gasteiger partial charge in [-0.25, -0.2) is 0 Å². The van der Waals surface area contributed by atoms with Gasteiger partial charge >= 0.3 is 11.9 Å². The van der Waals surface area contributed by atoms with Gasteiger partial charge in [-0.2, -0.15) is 0 Å². The zero-order valence-electron chi connectivity index (χ0n) is 20.1. The summed E-state index contributed by atoms with van der Waals surface area (Å²) in [5, 5.41) is 2.48. The molecule has 0 heterocycles. The molecule has 0 spiro atoms. The topological polar surface area (TPSA) is 61.8 Å². The van der Waals surface area contributed by atoms with E-state index in [2.05, 4.69) is 72.8 Å². The molecule has 3 aromatic rings. The molecule has 1 unspecified atom stereocenters. The molecule has 1 aliphatic rings. The van der Waals surface area contributed by atoms with E-state index in [-0.39, 0.29) is 24.0 Å². The van der Waals surface area contributed by atoms with Gasteiger partial charge in [-0.05, 0) is 59.0 Å². The summed E-state index contributed by atoms with van der Waals surface area (Å²) in [6.45, 7) is 2.33. The van der Waals surface area contributed by atoms with E-state index in [0.29, 0.717) is 26.1 Å². The van der Waals surface area contributed by atoms with Crippen molar-refractivity contribution >= 4 is 34.5 Å². The number of carbonyl (C=O) groups is 2. The van der Waals surface area contributed by atoms with Gasteiger partial charge in [0, 0.05) is 29.1 Å². The fourth-order valence-electron chi connectivity index (χ4n) is 3.91. The number of carbonyl (C=O) groups excluding carboxylic acids is 2. The van der Waals surface area contributed by atoms with Crippen molar-refractivity contribution in [2.45, 2.75) is 48.7 Å². The Kier molecular flexibility index (Phi) is 8.61. The summed E-state index contributed by atoms with van der Waals surface area (Å²) in [5.74, 6) is -0.315. The van der Waals surface area contributed by atoms with Gasteiger partial charge in [0.05, 0.1) is 20.3 Å². The van der Waals surface area contributed by atoms with Crippen LogP contribution in [-0.2, 0) is 30.4 Å². The van der Waals surface area contributed by atoms with Gasteiger partial charge in [0.25, 0.3) is 0 Å². The minimum absolute atomic E-state index is 0.0618. The highest BCUT2D eigenvalue weighted by atomic mass is 32.2. The molecule has 4 rings (SSSR count). The third-order valence-corrected chi connectivity index (χ3v) is 6.86. The number of ether oxygens (including phenoxy) is 3. The lowest BCUT2D eigenvalue weighted by Crippen LogP contribution is -2.06. The van der Waals surface area contributed by atoms with Gasteiger partial charge in [-0.15, -0.1) is 0 Å². The van der Waals surface area contributed by atoms with Crippen molar-refractivity contribution in [2.75, 3.05) is 13.7 Å². The summed E-state index contributed by atoms with van der Waals surface area (Å²) in [5.41, 5.74) is 2.11. The molecule has 3 aromatic carbocycles. The van der Waals surface area contributed by atoms with Crippen LogP contribution >= 0.6 is 11.8 Å². The van der Waals surface area contributed by atoms with Crippen LogP contribution in [0.15, 0.2) is 88.2 Å². The Labute approximate surface area is 210 Å². The third kappa shape index (κ3) is 7.70. The summed E-state index contributed by atoms with van der Waals surface area (Å²) in [6.07, 6.45) is 3.71. The Morgan fingerprint density at radius 3 is 2.46 bits per heavy atom. The Bertz CT molecular complexity index is 1200. The smallest absolute Gasteiger partial charge is 0.305 e. The van der Waals surface area contributed by atoms with Crippen LogP contribution in [0.3, 0.4) is 0 Å². The molecule has 2 atom stereocenters. The standard InChI is InChI=1S/C29H30O5S/c1-20(30)34-28-17-25(28)15-22(9-14-29(31)32-2)19-33-18-21-7-11-26(12-8-21)35-27-13-10-23-5-3-4-6-24(23)16-27/h3-8,10-13,15-16,25,28H,9,14,17-19H2,1-2H3/b22-15-/t25?,28-/m1/s1. The summed E-state index contributed by atoms with van der Waals surface area (Å²) in [7, 11) is 1.39. The Morgan fingerprint density at radius 1 is 0.971 bits per heavy atom. The third-order valence-electron chi connectivity index (χ3n) is 5.86. The number of methoxy groups -OCH3 is 1. The Balaban J connectivity index is 1.29. The van der Waals surface area contributed by atoms with Crippen LogP contribution < -0.4 is 0 Å². The molecule has 1 aliphatic carbocycles. The normalized spacial score (nSPS) is 17.3. The molecule has 1 fully saturated rings. The molecular weight excluding hydrogens is 460 g/mol. The van der Waals surface area contributed by atoms with E-state index < -0.39 is 0 Å². The second kappa shape index (κ2) is 12.0. The van der Waals surface area contributed by atoms with Gasteiger partial charge < -0.3 is 14.2 Å². The van der Waals surface area contributed by atoms with E-state index in [1.54, 1.807) is 11.8 Å². The van der Waals surface area contributed by atoms with E-state index >= 15 is 0 Å². The van der Waals surface area contributed by atoms with E-state index in [0.717, 1.165) is 17.6 Å². The average molecular weight is 491 g/mol. The molecule has 182 valence electrons. The Hall–Kier alpha value is -3.09. The second-order valence-electron chi connectivity index (χ2n) is 8.70. The van der Waals surface area contributed by atoms with Crippen molar-refractivity contribution in [1.82, 2.24) is 0 Å². The molecule has 6 heteroatoms. The van der Waals surface area contributed by atoms with Crippen molar-refractivity contribution in [3.8, 4) is 0 Å². The van der Waals surface area contributed by atoms with E-state index in [1.807, 2.05) is 0 Å². The van der Waals surface area contributed by atoms with Crippen LogP contribution in [0, 0.1) is 5.92 Å². The first-order chi connectivity index (χ1) is 17.0. The van der Waals surface area contributed by atoms with Crippen molar-refractivity contribution < 1.29 is 23.8 Å². The first-order valence-electron chi connectivity index (χ1n) is 11.8. The van der Waals surface area contributed by atoms with Gasteiger partial charge in [0.2, 0.25) is 0 Å². The number of hydrogen-bond acceptors (Lipinski definition) is 6. The van der Waals surface area contributed by atoms with Crippen molar-refractivity contribution in [3.63, 3.8) is 0 Å². The lowest BCUT2D eigenvalue weighted by atomic mass is 10.1. The minimum Gasteiger partial charge on any atom is -0.469 e. The van der Waals surface area contributed by atoms with Gasteiger partial charge in [-0.3, -0.25) is 9.59 Å². The summed E-state index contributed by atoms with van der Waals surface area (Å²) in [6, 6.07) is 23.3. The fourth-order valence-corrected chi connectivity index (χ4v) is 4.77. The summed E-state index contributed by atoms with van der Waals surface area (Å²) in [4.78, 5) is 25.1. The van der Waals surface area contributed by atoms with Crippen LogP contribution in [0.25, 0.3) is 10.8 Å². The number of benzene rings is 3.